The molecule has 0 saturated carbocycles. The zero-order chi connectivity index (χ0) is 55.7. The minimum absolute atomic E-state index is 0.0878. The molecule has 0 aromatic carbocycles. The summed E-state index contributed by atoms with van der Waals surface area (Å²) >= 11 is 0. The summed E-state index contributed by atoms with van der Waals surface area (Å²) in [6.07, 6.45) is 87.9. The van der Waals surface area contributed by atoms with Crippen LogP contribution < -0.4 is 0 Å². The van der Waals surface area contributed by atoms with Crippen LogP contribution in [0, 0.1) is 0 Å². The van der Waals surface area contributed by atoms with Crippen LogP contribution >= 0.6 is 0 Å². The minimum atomic E-state index is -0.792. The van der Waals surface area contributed by atoms with Gasteiger partial charge in [0.2, 0.25) is 0 Å². The lowest BCUT2D eigenvalue weighted by Gasteiger charge is -2.18. The maximum Gasteiger partial charge on any atom is 0.306 e. The van der Waals surface area contributed by atoms with Crippen molar-refractivity contribution >= 4 is 17.9 Å². The number of hydrogen-bond acceptors (Lipinski definition) is 6. The van der Waals surface area contributed by atoms with Crippen LogP contribution in [0.1, 0.15) is 303 Å². The molecular formula is C71H120O6. The largest absolute Gasteiger partial charge is 0.462 e. The molecule has 6 heteroatoms. The van der Waals surface area contributed by atoms with Gasteiger partial charge in [-0.15, -0.1) is 0 Å². The summed E-state index contributed by atoms with van der Waals surface area (Å²) in [5, 5.41) is 0. The number of esters is 3. The molecule has 0 radical (unpaired) electrons. The van der Waals surface area contributed by atoms with Gasteiger partial charge in [-0.2, -0.15) is 0 Å². The van der Waals surface area contributed by atoms with Gasteiger partial charge in [0.1, 0.15) is 13.2 Å². The predicted molar refractivity (Wildman–Crippen MR) is 334 cm³/mol. The van der Waals surface area contributed by atoms with E-state index in [1.54, 1.807) is 0 Å². The van der Waals surface area contributed by atoms with Crippen molar-refractivity contribution in [2.24, 2.45) is 0 Å². The van der Waals surface area contributed by atoms with Crippen molar-refractivity contribution in [3.63, 3.8) is 0 Å². The molecule has 6 nitrogen and oxygen atoms in total. The Bertz CT molecular complexity index is 1560. The summed E-state index contributed by atoms with van der Waals surface area (Å²) in [7, 11) is 0. The van der Waals surface area contributed by atoms with Gasteiger partial charge in [-0.1, -0.05) is 265 Å². The van der Waals surface area contributed by atoms with Gasteiger partial charge in [-0.05, 0) is 128 Å². The van der Waals surface area contributed by atoms with Gasteiger partial charge in [0, 0.05) is 19.3 Å². The fourth-order valence-corrected chi connectivity index (χ4v) is 8.88. The lowest BCUT2D eigenvalue weighted by molar-refractivity contribution is -0.167. The summed E-state index contributed by atoms with van der Waals surface area (Å²) < 4.78 is 16.9. The first-order valence-corrected chi connectivity index (χ1v) is 32.4. The second-order valence-corrected chi connectivity index (χ2v) is 21.3. The maximum atomic E-state index is 12.9. The normalized spacial score (nSPS) is 12.8. The summed E-state index contributed by atoms with van der Waals surface area (Å²) in [5.41, 5.74) is 0. The van der Waals surface area contributed by atoms with Gasteiger partial charge < -0.3 is 14.2 Å². The summed E-state index contributed by atoms with van der Waals surface area (Å²) in [6, 6.07) is 0. The first-order valence-electron chi connectivity index (χ1n) is 32.4. The highest BCUT2D eigenvalue weighted by atomic mass is 16.6. The Labute approximate surface area is 476 Å². The lowest BCUT2D eigenvalue weighted by atomic mass is 10.1. The monoisotopic (exact) mass is 1070 g/mol. The van der Waals surface area contributed by atoms with E-state index in [2.05, 4.69) is 130 Å². The molecule has 0 heterocycles. The molecule has 0 fully saturated rings. The summed E-state index contributed by atoms with van der Waals surface area (Å²) in [4.78, 5) is 38.4. The third-order valence-electron chi connectivity index (χ3n) is 13.7. The van der Waals surface area contributed by atoms with Gasteiger partial charge >= 0.3 is 17.9 Å². The molecule has 0 spiro atoms. The predicted octanol–water partition coefficient (Wildman–Crippen LogP) is 22.2. The van der Waals surface area contributed by atoms with Gasteiger partial charge in [0.15, 0.2) is 6.10 Å². The number of ether oxygens (including phenoxy) is 3. The van der Waals surface area contributed by atoms with Crippen LogP contribution in [0.2, 0.25) is 0 Å². The fourth-order valence-electron chi connectivity index (χ4n) is 8.88. The van der Waals surface area contributed by atoms with Crippen molar-refractivity contribution in [3.05, 3.63) is 109 Å². The molecule has 0 bridgehead atoms. The molecule has 0 aromatic heterocycles. The number of carbonyl (C=O) groups excluding carboxylic acids is 3. The Morgan fingerprint density at radius 2 is 0.506 bits per heavy atom. The zero-order valence-corrected chi connectivity index (χ0v) is 50.4. The van der Waals surface area contributed by atoms with Gasteiger partial charge in [0.25, 0.3) is 0 Å². The molecule has 0 amide bonds. The second-order valence-electron chi connectivity index (χ2n) is 21.3. The van der Waals surface area contributed by atoms with Crippen LogP contribution in [-0.4, -0.2) is 37.2 Å². The molecule has 0 saturated heterocycles. The molecule has 1 atom stereocenters. The van der Waals surface area contributed by atoms with Gasteiger partial charge in [-0.3, -0.25) is 14.4 Å². The Morgan fingerprint density at radius 1 is 0.273 bits per heavy atom. The van der Waals surface area contributed by atoms with Crippen LogP contribution in [0.3, 0.4) is 0 Å². The topological polar surface area (TPSA) is 78.9 Å². The van der Waals surface area contributed by atoms with Gasteiger partial charge in [-0.25, -0.2) is 0 Å². The highest BCUT2D eigenvalue weighted by Crippen LogP contribution is 2.16. The first-order chi connectivity index (χ1) is 38.0. The Morgan fingerprint density at radius 3 is 0.792 bits per heavy atom. The average Bonchev–Trinajstić information content (AvgIpc) is 3.43. The SMILES string of the molecule is CC/C=C\C/C=C\C/C=C\C/C=C\C/C=C\CCCCCCCCCC(=O)OCC(COC(=O)CCCCCCCCC/C=C\C/C=C\CCCCC)OC(=O)CCCCCCCCCCC/C=C\C/C=C\CCCCC. The number of hydrogen-bond donors (Lipinski definition) is 0. The van der Waals surface area contributed by atoms with E-state index >= 15 is 0 Å². The van der Waals surface area contributed by atoms with Gasteiger partial charge in [0.05, 0.1) is 0 Å². The van der Waals surface area contributed by atoms with Crippen LogP contribution in [0.25, 0.3) is 0 Å². The van der Waals surface area contributed by atoms with Crippen molar-refractivity contribution in [3.8, 4) is 0 Å². The van der Waals surface area contributed by atoms with E-state index in [-0.39, 0.29) is 31.1 Å². The third kappa shape index (κ3) is 62.8. The molecule has 0 rings (SSSR count). The van der Waals surface area contributed by atoms with E-state index in [4.69, 9.17) is 14.2 Å². The van der Waals surface area contributed by atoms with E-state index in [1.165, 1.54) is 148 Å². The average molecular weight is 1070 g/mol. The number of allylic oxidation sites excluding steroid dienone is 18. The number of carbonyl (C=O) groups is 3. The van der Waals surface area contributed by atoms with Crippen LogP contribution in [0.15, 0.2) is 109 Å². The van der Waals surface area contributed by atoms with Crippen LogP contribution in [0.4, 0.5) is 0 Å². The number of rotatable bonds is 58. The quantitative estimate of drug-likeness (QED) is 0.0261. The zero-order valence-electron chi connectivity index (χ0n) is 50.4. The van der Waals surface area contributed by atoms with E-state index in [0.717, 1.165) is 116 Å². The Hall–Kier alpha value is -3.93. The van der Waals surface area contributed by atoms with Crippen molar-refractivity contribution in [1.82, 2.24) is 0 Å². The van der Waals surface area contributed by atoms with E-state index in [9.17, 15) is 14.4 Å². The summed E-state index contributed by atoms with van der Waals surface area (Å²) in [5.74, 6) is -0.902. The highest BCUT2D eigenvalue weighted by molar-refractivity contribution is 5.71. The van der Waals surface area contributed by atoms with E-state index < -0.39 is 6.10 Å². The minimum Gasteiger partial charge on any atom is -0.462 e. The fraction of sp³-hybridized carbons (Fsp3) is 0.704. The van der Waals surface area contributed by atoms with Crippen LogP contribution in [-0.2, 0) is 28.6 Å². The Kier molecular flexibility index (Phi) is 61.3. The molecule has 0 aromatic rings. The molecule has 0 aliphatic carbocycles. The molecule has 0 aliphatic rings. The van der Waals surface area contributed by atoms with Crippen molar-refractivity contribution in [2.75, 3.05) is 13.2 Å². The molecule has 0 N–H and O–H groups in total. The second kappa shape index (κ2) is 64.6. The number of unbranched alkanes of at least 4 members (excludes halogenated alkanes) is 29. The van der Waals surface area contributed by atoms with Crippen molar-refractivity contribution in [2.45, 2.75) is 309 Å². The smallest absolute Gasteiger partial charge is 0.306 e. The molecule has 440 valence electrons. The summed E-state index contributed by atoms with van der Waals surface area (Å²) in [6.45, 7) is 6.48. The lowest BCUT2D eigenvalue weighted by Crippen LogP contribution is -2.30. The molecule has 77 heavy (non-hydrogen) atoms. The molecule has 0 aliphatic heterocycles. The third-order valence-corrected chi connectivity index (χ3v) is 13.7. The molecule has 1 unspecified atom stereocenters. The maximum absolute atomic E-state index is 12.9. The Balaban J connectivity index is 4.42. The van der Waals surface area contributed by atoms with Crippen molar-refractivity contribution < 1.29 is 28.6 Å². The van der Waals surface area contributed by atoms with Crippen molar-refractivity contribution in [1.29, 1.82) is 0 Å². The standard InChI is InChI=1S/C71H120O6/c1-4-7-10-13-16-19-22-25-28-31-33-34-35-36-38-40-43-46-49-52-55-58-61-64-70(73)76-67-68(66-75-69(72)63-60-57-54-51-48-45-42-39-30-27-24-21-18-15-12-9-6-3)77-71(74)65-62-59-56-53-50-47-44-41-37-32-29-26-23-20-17-14-11-8-5-2/h7,10,16-21,25-30,33-34,36,38,68H,4-6,8-9,11-15,22-24,31-32,35,37,39-67H2,1-3H3/b10-7-,19-16-,20-17-,21-18-,28-25-,29-26-,30-27-,34-33-,38-36-. The molecular weight excluding hydrogens is 949 g/mol. The highest BCUT2D eigenvalue weighted by Gasteiger charge is 2.19. The first kappa shape index (κ1) is 73.1. The van der Waals surface area contributed by atoms with E-state index in [1.807, 2.05) is 0 Å². The van der Waals surface area contributed by atoms with Crippen LogP contribution in [0.5, 0.6) is 0 Å². The van der Waals surface area contributed by atoms with E-state index in [0.29, 0.717) is 19.3 Å².